The lowest BCUT2D eigenvalue weighted by molar-refractivity contribution is -0.141. The fraction of sp³-hybridized carbons (Fsp3) is 1.00. The molecule has 9 atom stereocenters. The summed E-state index contributed by atoms with van der Waals surface area (Å²) in [5.41, 5.74) is -0.943. The summed E-state index contributed by atoms with van der Waals surface area (Å²) in [5, 5.41) is 20.5. The first-order chi connectivity index (χ1) is 12.3. The molecule has 0 saturated carbocycles. The monoisotopic (exact) mass is 388 g/mol. The molecule has 3 heterocycles. The first-order valence-electron chi connectivity index (χ1n) is 9.21. The summed E-state index contributed by atoms with van der Waals surface area (Å²) >= 11 is 1.83. The Morgan fingerprint density at radius 3 is 2.58 bits per heavy atom. The predicted molar refractivity (Wildman–Crippen MR) is 103 cm³/mol. The Labute approximate surface area is 161 Å². The van der Waals surface area contributed by atoms with E-state index in [-0.39, 0.29) is 29.9 Å². The van der Waals surface area contributed by atoms with Crippen LogP contribution in [0.15, 0.2) is 0 Å². The van der Waals surface area contributed by atoms with Crippen molar-refractivity contribution >= 4 is 27.5 Å². The van der Waals surface area contributed by atoms with E-state index in [9.17, 15) is 10.2 Å². The molecule has 26 heavy (non-hydrogen) atoms. The molecule has 0 aliphatic carbocycles. The van der Waals surface area contributed by atoms with E-state index in [4.69, 9.17) is 23.7 Å². The zero-order valence-corrected chi connectivity index (χ0v) is 17.0. The van der Waals surface area contributed by atoms with Gasteiger partial charge in [0.1, 0.15) is 45.7 Å². The van der Waals surface area contributed by atoms with Crippen LogP contribution in [0.3, 0.4) is 0 Å². The van der Waals surface area contributed by atoms with Crippen molar-refractivity contribution in [2.45, 2.75) is 59.6 Å². The van der Waals surface area contributed by atoms with Gasteiger partial charge in [0.05, 0.1) is 36.7 Å². The average Bonchev–Trinajstić information content (AvgIpc) is 3.15. The molecular formula is C16H30B2O7S. The summed E-state index contributed by atoms with van der Waals surface area (Å²) in [6, 6.07) is 0. The molecule has 2 N–H and O–H groups in total. The molecule has 10 heteroatoms. The molecule has 3 aliphatic rings. The van der Waals surface area contributed by atoms with E-state index in [1.165, 1.54) is 0 Å². The number of hydrogen-bond acceptors (Lipinski definition) is 8. The number of ether oxygens (including phenoxy) is 5. The number of fused-ring (bicyclic) bond motifs is 2. The Morgan fingerprint density at radius 1 is 1.27 bits per heavy atom. The molecule has 0 amide bonds. The normalized spacial score (nSPS) is 49.0. The lowest BCUT2D eigenvalue weighted by atomic mass is 9.78. The summed E-state index contributed by atoms with van der Waals surface area (Å²) in [7, 11) is 7.38. The summed E-state index contributed by atoms with van der Waals surface area (Å²) < 4.78 is 29.2. The zero-order valence-electron chi connectivity index (χ0n) is 16.2. The lowest BCUT2D eigenvalue weighted by Crippen LogP contribution is -2.50. The number of rotatable bonds is 8. The van der Waals surface area contributed by atoms with Crippen LogP contribution in [0.4, 0.5) is 0 Å². The molecule has 3 aliphatic heterocycles. The van der Waals surface area contributed by atoms with Gasteiger partial charge in [-0.15, -0.1) is 0 Å². The molecule has 3 saturated heterocycles. The van der Waals surface area contributed by atoms with E-state index < -0.39 is 29.4 Å². The Morgan fingerprint density at radius 2 is 2.00 bits per heavy atom. The van der Waals surface area contributed by atoms with Gasteiger partial charge in [-0.3, -0.25) is 0 Å². The summed E-state index contributed by atoms with van der Waals surface area (Å²) in [5.74, 6) is 0.968. The van der Waals surface area contributed by atoms with Crippen molar-refractivity contribution in [2.75, 3.05) is 39.8 Å². The van der Waals surface area contributed by atoms with E-state index in [0.717, 1.165) is 5.75 Å². The van der Waals surface area contributed by atoms with Gasteiger partial charge in [-0.25, -0.2) is 0 Å². The minimum absolute atomic E-state index is 0.0403. The smallest absolute Gasteiger partial charge is 0.148 e. The Hall–Kier alpha value is 0.200. The second kappa shape index (κ2) is 7.91. The van der Waals surface area contributed by atoms with E-state index in [1.54, 1.807) is 14.2 Å². The number of hydrogen-bond donors (Lipinski definition) is 2. The number of methoxy groups -OCH3 is 2. The number of aliphatic hydroxyl groups is 2. The summed E-state index contributed by atoms with van der Waals surface area (Å²) in [6.45, 7) is 3.03. The molecule has 2 bridgehead atoms. The maximum Gasteiger partial charge on any atom is 0.148 e. The van der Waals surface area contributed by atoms with Crippen LogP contribution in [0.5, 0.6) is 0 Å². The van der Waals surface area contributed by atoms with Crippen molar-refractivity contribution in [3.05, 3.63) is 0 Å². The third-order valence-corrected chi connectivity index (χ3v) is 7.47. The number of thioether (sulfide) groups is 1. The van der Waals surface area contributed by atoms with E-state index in [1.807, 2.05) is 34.4 Å². The van der Waals surface area contributed by atoms with Crippen molar-refractivity contribution in [3.63, 3.8) is 0 Å². The highest BCUT2D eigenvalue weighted by atomic mass is 32.2. The molecule has 0 aromatic carbocycles. The van der Waals surface area contributed by atoms with Gasteiger partial charge in [-0.05, 0) is 5.82 Å². The van der Waals surface area contributed by atoms with Crippen LogP contribution in [-0.2, 0) is 23.7 Å². The topological polar surface area (TPSA) is 86.6 Å². The standard InChI is InChI=1S/C16H30B2O7S/c1-8(17)12-11(20)10(19)9(24-12)4-23-6-16(18)14-13(22-3)15(25-16,5-21-2)7-26-14/h8-14,19-20H,4-7,17-18H2,1-3H3/t8-,9?,10-,11?,12?,13?,14?,15+,16-/m1/s1. The first-order valence-corrected chi connectivity index (χ1v) is 10.3. The molecule has 0 radical (unpaired) electrons. The van der Waals surface area contributed by atoms with Gasteiger partial charge in [-0.1, -0.05) is 6.92 Å². The Kier molecular flexibility index (Phi) is 6.36. The third kappa shape index (κ3) is 3.48. The predicted octanol–water partition coefficient (Wildman–Crippen LogP) is -2.19. The van der Waals surface area contributed by atoms with Crippen LogP contribution in [0.2, 0.25) is 5.82 Å². The minimum atomic E-state index is -0.933. The molecular weight excluding hydrogens is 358 g/mol. The fourth-order valence-electron chi connectivity index (χ4n) is 4.47. The maximum absolute atomic E-state index is 10.2. The Balaban J connectivity index is 1.57. The molecule has 3 rings (SSSR count). The molecule has 0 aromatic rings. The van der Waals surface area contributed by atoms with Gasteiger partial charge in [0.25, 0.3) is 0 Å². The first kappa shape index (κ1) is 20.9. The zero-order chi connectivity index (χ0) is 19.1. The summed E-state index contributed by atoms with van der Waals surface area (Å²) in [6.07, 6.45) is -2.75. The van der Waals surface area contributed by atoms with E-state index in [0.29, 0.717) is 13.2 Å². The largest absolute Gasteiger partial charge is 0.388 e. The van der Waals surface area contributed by atoms with Crippen LogP contribution in [0.1, 0.15) is 6.92 Å². The lowest BCUT2D eigenvalue weighted by Gasteiger charge is -2.37. The van der Waals surface area contributed by atoms with Crippen LogP contribution in [0, 0.1) is 0 Å². The maximum atomic E-state index is 10.2. The van der Waals surface area contributed by atoms with Crippen molar-refractivity contribution in [2.24, 2.45) is 0 Å². The van der Waals surface area contributed by atoms with Gasteiger partial charge in [0.15, 0.2) is 0 Å². The van der Waals surface area contributed by atoms with Gasteiger partial charge in [0.2, 0.25) is 0 Å². The average molecular weight is 388 g/mol. The summed E-state index contributed by atoms with van der Waals surface area (Å²) in [4.78, 5) is 0. The molecule has 5 unspecified atom stereocenters. The van der Waals surface area contributed by atoms with Crippen molar-refractivity contribution in [3.8, 4) is 0 Å². The molecule has 3 fully saturated rings. The molecule has 0 spiro atoms. The fourth-order valence-corrected chi connectivity index (χ4v) is 6.25. The second-order valence-electron chi connectivity index (χ2n) is 8.18. The van der Waals surface area contributed by atoms with Gasteiger partial charge < -0.3 is 33.9 Å². The molecule has 0 aromatic heterocycles. The highest BCUT2D eigenvalue weighted by molar-refractivity contribution is 8.00. The minimum Gasteiger partial charge on any atom is -0.388 e. The van der Waals surface area contributed by atoms with Gasteiger partial charge >= 0.3 is 0 Å². The highest BCUT2D eigenvalue weighted by Gasteiger charge is 2.66. The van der Waals surface area contributed by atoms with Gasteiger partial charge in [0, 0.05) is 20.0 Å². The molecule has 148 valence electrons. The third-order valence-electron chi connectivity index (χ3n) is 5.71. The van der Waals surface area contributed by atoms with Crippen molar-refractivity contribution in [1.82, 2.24) is 0 Å². The van der Waals surface area contributed by atoms with Crippen LogP contribution < -0.4 is 0 Å². The van der Waals surface area contributed by atoms with Crippen LogP contribution in [0.25, 0.3) is 0 Å². The second-order valence-corrected chi connectivity index (χ2v) is 9.31. The highest BCUT2D eigenvalue weighted by Crippen LogP contribution is 2.53. The van der Waals surface area contributed by atoms with Crippen molar-refractivity contribution < 1.29 is 33.9 Å². The van der Waals surface area contributed by atoms with E-state index in [2.05, 4.69) is 0 Å². The SMILES string of the molecule is B[C@H](C)C1OC(COC[C@@]2(B)O[C@@]3(COC)CSC2C3OC)[C@@H](O)C1O. The quantitative estimate of drug-likeness (QED) is 0.454. The Bertz CT molecular complexity index is 501. The van der Waals surface area contributed by atoms with E-state index >= 15 is 0 Å². The van der Waals surface area contributed by atoms with Gasteiger partial charge in [-0.2, -0.15) is 11.8 Å². The number of aliphatic hydroxyl groups excluding tert-OH is 2. The van der Waals surface area contributed by atoms with Crippen LogP contribution in [-0.4, -0.2) is 113 Å². The van der Waals surface area contributed by atoms with Crippen LogP contribution >= 0.6 is 11.8 Å². The molecule has 7 nitrogen and oxygen atoms in total. The van der Waals surface area contributed by atoms with Crippen molar-refractivity contribution in [1.29, 1.82) is 0 Å².